The van der Waals surface area contributed by atoms with E-state index in [0.717, 1.165) is 19.3 Å². The fraction of sp³-hybridized carbons (Fsp3) is 0.438. The zero-order valence-electron chi connectivity index (χ0n) is 10.5. The van der Waals surface area contributed by atoms with Crippen LogP contribution < -0.4 is 0 Å². The molecule has 1 heteroatoms. The number of hydrogen-bond acceptors (Lipinski definition) is 1. The van der Waals surface area contributed by atoms with E-state index in [0.29, 0.717) is 6.10 Å². The fourth-order valence-corrected chi connectivity index (χ4v) is 2.52. The van der Waals surface area contributed by atoms with E-state index in [1.807, 2.05) is 6.08 Å². The van der Waals surface area contributed by atoms with Crippen LogP contribution in [0.2, 0.25) is 0 Å². The molecule has 17 heavy (non-hydrogen) atoms. The van der Waals surface area contributed by atoms with Crippen LogP contribution in [0.4, 0.5) is 0 Å². The van der Waals surface area contributed by atoms with Crippen molar-refractivity contribution in [1.82, 2.24) is 0 Å². The lowest BCUT2D eigenvalue weighted by molar-refractivity contribution is -0.0872. The minimum atomic E-state index is -0.167. The highest BCUT2D eigenvalue weighted by atomic mass is 16.5. The first kappa shape index (κ1) is 12.2. The van der Waals surface area contributed by atoms with Crippen LogP contribution in [0.5, 0.6) is 0 Å². The summed E-state index contributed by atoms with van der Waals surface area (Å²) >= 11 is 0. The van der Waals surface area contributed by atoms with Crippen molar-refractivity contribution in [2.24, 2.45) is 0 Å². The summed E-state index contributed by atoms with van der Waals surface area (Å²) in [7, 11) is 0. The van der Waals surface area contributed by atoms with Gasteiger partial charge in [0.1, 0.15) is 0 Å². The molecule has 1 aromatic carbocycles. The molecule has 1 heterocycles. The van der Waals surface area contributed by atoms with Gasteiger partial charge >= 0.3 is 0 Å². The third-order valence-electron chi connectivity index (χ3n) is 3.35. The highest BCUT2D eigenvalue weighted by Crippen LogP contribution is 2.30. The second kappa shape index (κ2) is 5.35. The maximum atomic E-state index is 6.16. The van der Waals surface area contributed by atoms with E-state index in [4.69, 9.17) is 4.74 Å². The maximum absolute atomic E-state index is 6.16. The number of hydrogen-bond donors (Lipinski definition) is 0. The Balaban J connectivity index is 2.01. The first-order valence-corrected chi connectivity index (χ1v) is 6.31. The minimum absolute atomic E-state index is 0.167. The smallest absolute Gasteiger partial charge is 0.0911 e. The Bertz CT molecular complexity index is 403. The van der Waals surface area contributed by atoms with E-state index in [-0.39, 0.29) is 5.60 Å². The van der Waals surface area contributed by atoms with Gasteiger partial charge in [-0.15, -0.1) is 5.73 Å². The van der Waals surface area contributed by atoms with Crippen LogP contribution in [0.15, 0.2) is 48.7 Å². The highest BCUT2D eigenvalue weighted by molar-refractivity contribution is 5.16. The third kappa shape index (κ3) is 3.33. The van der Waals surface area contributed by atoms with Crippen LogP contribution in [0, 0.1) is 0 Å². The molecule has 1 fully saturated rings. The summed E-state index contributed by atoms with van der Waals surface area (Å²) in [6.07, 6.45) is 6.72. The zero-order valence-corrected chi connectivity index (χ0v) is 10.5. The molecule has 1 saturated heterocycles. The van der Waals surface area contributed by atoms with Crippen molar-refractivity contribution in [2.75, 3.05) is 0 Å². The Morgan fingerprint density at radius 2 is 2.24 bits per heavy atom. The second-order valence-electron chi connectivity index (χ2n) is 4.98. The predicted molar refractivity (Wildman–Crippen MR) is 71.0 cm³/mol. The average molecular weight is 228 g/mol. The first-order chi connectivity index (χ1) is 8.22. The van der Waals surface area contributed by atoms with Gasteiger partial charge in [0, 0.05) is 0 Å². The van der Waals surface area contributed by atoms with Gasteiger partial charge in [-0.05, 0) is 44.2 Å². The van der Waals surface area contributed by atoms with E-state index < -0.39 is 0 Å². The molecule has 1 nitrogen and oxygen atoms in total. The summed E-state index contributed by atoms with van der Waals surface area (Å²) < 4.78 is 6.16. The van der Waals surface area contributed by atoms with Crippen molar-refractivity contribution >= 4 is 0 Å². The SMILES string of the molecule is C=C=C[C@]1(C)CCC[C@@H](Cc2ccccc2)O1. The van der Waals surface area contributed by atoms with E-state index in [1.165, 1.54) is 12.0 Å². The molecular formula is C16H20O. The maximum Gasteiger partial charge on any atom is 0.0911 e. The monoisotopic (exact) mass is 228 g/mol. The van der Waals surface area contributed by atoms with Crippen molar-refractivity contribution in [1.29, 1.82) is 0 Å². The second-order valence-corrected chi connectivity index (χ2v) is 4.98. The lowest BCUT2D eigenvalue weighted by Gasteiger charge is -2.36. The van der Waals surface area contributed by atoms with Crippen LogP contribution in [-0.4, -0.2) is 11.7 Å². The normalized spacial score (nSPS) is 28.4. The van der Waals surface area contributed by atoms with Gasteiger partial charge in [-0.2, -0.15) is 0 Å². The van der Waals surface area contributed by atoms with Gasteiger partial charge in [-0.3, -0.25) is 0 Å². The Hall–Kier alpha value is -1.30. The molecule has 1 aliphatic rings. The lowest BCUT2D eigenvalue weighted by Crippen LogP contribution is -2.37. The van der Waals surface area contributed by atoms with Gasteiger partial charge in [0.25, 0.3) is 0 Å². The summed E-state index contributed by atoms with van der Waals surface area (Å²) in [6, 6.07) is 10.6. The third-order valence-corrected chi connectivity index (χ3v) is 3.35. The van der Waals surface area contributed by atoms with Crippen molar-refractivity contribution in [3.8, 4) is 0 Å². The van der Waals surface area contributed by atoms with Crippen molar-refractivity contribution in [2.45, 2.75) is 44.3 Å². The molecule has 2 atom stereocenters. The van der Waals surface area contributed by atoms with Crippen LogP contribution >= 0.6 is 0 Å². The molecular weight excluding hydrogens is 208 g/mol. The summed E-state index contributed by atoms with van der Waals surface area (Å²) in [5.74, 6) is 0. The largest absolute Gasteiger partial charge is 0.367 e. The van der Waals surface area contributed by atoms with Gasteiger partial charge in [0.2, 0.25) is 0 Å². The van der Waals surface area contributed by atoms with Gasteiger partial charge in [0.05, 0.1) is 11.7 Å². The molecule has 90 valence electrons. The highest BCUT2D eigenvalue weighted by Gasteiger charge is 2.30. The van der Waals surface area contributed by atoms with Crippen molar-refractivity contribution in [3.63, 3.8) is 0 Å². The van der Waals surface area contributed by atoms with E-state index in [2.05, 4.69) is 49.6 Å². The summed E-state index contributed by atoms with van der Waals surface area (Å²) in [6.45, 7) is 5.78. The van der Waals surface area contributed by atoms with Crippen molar-refractivity contribution in [3.05, 3.63) is 54.3 Å². The van der Waals surface area contributed by atoms with Crippen LogP contribution in [-0.2, 0) is 11.2 Å². The molecule has 2 rings (SSSR count). The van der Waals surface area contributed by atoms with Gasteiger partial charge < -0.3 is 4.74 Å². The molecule has 0 amide bonds. The topological polar surface area (TPSA) is 9.23 Å². The van der Waals surface area contributed by atoms with E-state index in [9.17, 15) is 0 Å². The first-order valence-electron chi connectivity index (χ1n) is 6.31. The Kier molecular flexibility index (Phi) is 3.83. The molecule has 0 unspecified atom stereocenters. The number of ether oxygens (including phenoxy) is 1. The van der Waals surface area contributed by atoms with Crippen LogP contribution in [0.1, 0.15) is 31.7 Å². The van der Waals surface area contributed by atoms with Crippen molar-refractivity contribution < 1.29 is 4.74 Å². The Labute approximate surface area is 104 Å². The zero-order chi connectivity index (χ0) is 12.1. The average Bonchev–Trinajstić information content (AvgIpc) is 2.30. The molecule has 1 aliphatic heterocycles. The quantitative estimate of drug-likeness (QED) is 0.713. The van der Waals surface area contributed by atoms with E-state index in [1.54, 1.807) is 0 Å². The summed E-state index contributed by atoms with van der Waals surface area (Å²) in [4.78, 5) is 0. The molecule has 0 bridgehead atoms. The van der Waals surface area contributed by atoms with Gasteiger partial charge in [-0.25, -0.2) is 0 Å². The molecule has 0 aliphatic carbocycles. The summed E-state index contributed by atoms with van der Waals surface area (Å²) in [5, 5.41) is 0. The summed E-state index contributed by atoms with van der Waals surface area (Å²) in [5.41, 5.74) is 4.05. The molecule has 0 saturated carbocycles. The Morgan fingerprint density at radius 1 is 1.47 bits per heavy atom. The minimum Gasteiger partial charge on any atom is -0.367 e. The van der Waals surface area contributed by atoms with Gasteiger partial charge in [-0.1, -0.05) is 36.9 Å². The molecule has 1 aromatic rings. The van der Waals surface area contributed by atoms with E-state index >= 15 is 0 Å². The van der Waals surface area contributed by atoms with Crippen LogP contribution in [0.3, 0.4) is 0 Å². The standard InChI is InChI=1S/C16H20O/c1-3-11-16(2)12-7-10-15(17-16)13-14-8-5-4-6-9-14/h4-6,8-9,11,15H,1,7,10,12-13H2,2H3/t15-,16+/m0/s1. The number of benzene rings is 1. The molecule has 0 aromatic heterocycles. The van der Waals surface area contributed by atoms with Crippen LogP contribution in [0.25, 0.3) is 0 Å². The molecule has 0 spiro atoms. The van der Waals surface area contributed by atoms with Gasteiger partial charge in [0.15, 0.2) is 0 Å². The number of rotatable bonds is 3. The molecule has 0 N–H and O–H groups in total. The fourth-order valence-electron chi connectivity index (χ4n) is 2.52. The predicted octanol–water partition coefficient (Wildman–Crippen LogP) is 3.90. The molecule has 0 radical (unpaired) electrons. The Morgan fingerprint density at radius 3 is 2.94 bits per heavy atom. The lowest BCUT2D eigenvalue weighted by atomic mass is 9.91.